The van der Waals surface area contributed by atoms with Crippen molar-refractivity contribution in [2.24, 2.45) is 5.73 Å². The first-order chi connectivity index (χ1) is 15.8. The highest BCUT2D eigenvalue weighted by molar-refractivity contribution is 6.59. The van der Waals surface area contributed by atoms with Crippen LogP contribution in [0.2, 0.25) is 0 Å². The molecule has 4 N–H and O–H groups in total. The number of nitrogens with zero attached hydrogens (tertiary/aromatic N) is 2. The quantitative estimate of drug-likeness (QED) is 0.442. The highest BCUT2D eigenvalue weighted by Gasteiger charge is 2.43. The van der Waals surface area contributed by atoms with E-state index in [-0.39, 0.29) is 33.8 Å². The predicted molar refractivity (Wildman–Crippen MR) is 121 cm³/mol. The molecule has 168 valence electrons. The zero-order valence-electron chi connectivity index (χ0n) is 18.3. The number of ether oxygens (including phenoxy) is 2. The zero-order chi connectivity index (χ0) is 24.3. The Bertz CT molecular complexity index is 1200. The van der Waals surface area contributed by atoms with Crippen LogP contribution in [0.1, 0.15) is 17.0 Å². The van der Waals surface area contributed by atoms with Gasteiger partial charge in [0.2, 0.25) is 0 Å². The van der Waals surface area contributed by atoms with E-state index in [1.807, 2.05) is 0 Å². The Labute approximate surface area is 191 Å². The minimum atomic E-state index is -1.79. The molecule has 0 amide bonds. The van der Waals surface area contributed by atoms with E-state index in [1.165, 1.54) is 11.0 Å². The lowest BCUT2D eigenvalue weighted by Crippen LogP contribution is -2.41. The average molecular weight is 447 g/mol. The highest BCUT2D eigenvalue weighted by Crippen LogP contribution is 2.43. The van der Waals surface area contributed by atoms with E-state index in [4.69, 9.17) is 15.2 Å². The topological polar surface area (TPSA) is 146 Å². The molecular weight excluding hydrogens is 425 g/mol. The summed E-state index contributed by atoms with van der Waals surface area (Å²) in [5, 5.41) is 29.5. The number of anilines is 1. The van der Waals surface area contributed by atoms with Crippen molar-refractivity contribution in [3.63, 3.8) is 0 Å². The summed E-state index contributed by atoms with van der Waals surface area (Å²) < 4.78 is 9.94. The number of nitriles is 1. The lowest BCUT2D eigenvalue weighted by atomic mass is 9.76. The normalized spacial score (nSPS) is 15.8. The molecule has 0 fully saturated rings. The first-order valence-corrected chi connectivity index (χ1v) is 9.89. The zero-order valence-corrected chi connectivity index (χ0v) is 18.3. The summed E-state index contributed by atoms with van der Waals surface area (Å²) in [7, 11) is 0.520. The molecule has 3 rings (SSSR count). The van der Waals surface area contributed by atoms with Gasteiger partial charge in [0.25, 0.3) is 0 Å². The molecule has 2 aromatic carbocycles. The summed E-state index contributed by atoms with van der Waals surface area (Å²) in [6.07, 6.45) is 0. The van der Waals surface area contributed by atoms with Crippen molar-refractivity contribution in [3.8, 4) is 6.07 Å². The average Bonchev–Trinajstić information content (AvgIpc) is 2.83. The standard InChI is InChI=1S/C23H22BN3O6/c1-13-9-10-15(11-17(13)24(30)31)27-20(23(29)33-3)19(22(28)32-2)18(16(12-25)21(27)26)14-7-5-4-6-8-14/h4-11,18,30-31H,26H2,1-3H3. The van der Waals surface area contributed by atoms with Crippen LogP contribution in [0.5, 0.6) is 0 Å². The smallest absolute Gasteiger partial charge is 0.466 e. The van der Waals surface area contributed by atoms with Crippen LogP contribution in [0, 0.1) is 18.3 Å². The van der Waals surface area contributed by atoms with E-state index in [9.17, 15) is 24.9 Å². The van der Waals surface area contributed by atoms with E-state index >= 15 is 0 Å². The van der Waals surface area contributed by atoms with E-state index in [2.05, 4.69) is 6.07 Å². The molecule has 1 aliphatic heterocycles. The first kappa shape index (κ1) is 23.6. The molecular formula is C23H22BN3O6. The molecule has 1 heterocycles. The summed E-state index contributed by atoms with van der Waals surface area (Å²) in [6.45, 7) is 1.68. The largest absolute Gasteiger partial charge is 0.488 e. The van der Waals surface area contributed by atoms with Crippen LogP contribution in [-0.2, 0) is 19.1 Å². The van der Waals surface area contributed by atoms with Crippen molar-refractivity contribution >= 4 is 30.2 Å². The fourth-order valence-electron chi connectivity index (χ4n) is 3.83. The van der Waals surface area contributed by atoms with Crippen LogP contribution in [0.25, 0.3) is 0 Å². The maximum Gasteiger partial charge on any atom is 0.488 e. The van der Waals surface area contributed by atoms with Crippen LogP contribution >= 0.6 is 0 Å². The Morgan fingerprint density at radius 3 is 2.27 bits per heavy atom. The fraction of sp³-hybridized carbons (Fsp3) is 0.174. The fourth-order valence-corrected chi connectivity index (χ4v) is 3.83. The first-order valence-electron chi connectivity index (χ1n) is 9.89. The van der Waals surface area contributed by atoms with Gasteiger partial charge in [0, 0.05) is 5.69 Å². The van der Waals surface area contributed by atoms with Gasteiger partial charge in [-0.15, -0.1) is 0 Å². The second-order valence-corrected chi connectivity index (χ2v) is 7.25. The highest BCUT2D eigenvalue weighted by atomic mass is 16.5. The molecule has 0 saturated carbocycles. The number of rotatable bonds is 5. The number of nitrogens with two attached hydrogens (primary N) is 1. The van der Waals surface area contributed by atoms with E-state index in [0.29, 0.717) is 11.1 Å². The number of carbonyl (C=O) groups is 2. The van der Waals surface area contributed by atoms with Gasteiger partial charge in [-0.05, 0) is 30.1 Å². The van der Waals surface area contributed by atoms with Gasteiger partial charge >= 0.3 is 19.1 Å². The molecule has 10 heteroatoms. The third-order valence-electron chi connectivity index (χ3n) is 5.41. The second-order valence-electron chi connectivity index (χ2n) is 7.25. The van der Waals surface area contributed by atoms with Crippen molar-refractivity contribution < 1.29 is 29.1 Å². The Kier molecular flexibility index (Phi) is 6.87. The third kappa shape index (κ3) is 4.19. The molecule has 1 unspecified atom stereocenters. The molecule has 0 aromatic heterocycles. The van der Waals surface area contributed by atoms with Gasteiger partial charge in [0.05, 0.1) is 37.4 Å². The molecule has 0 radical (unpaired) electrons. The molecule has 0 spiro atoms. The van der Waals surface area contributed by atoms with Crippen LogP contribution < -0.4 is 16.1 Å². The van der Waals surface area contributed by atoms with Crippen molar-refractivity contribution in [2.75, 3.05) is 19.1 Å². The van der Waals surface area contributed by atoms with E-state index in [0.717, 1.165) is 14.2 Å². The maximum absolute atomic E-state index is 13.0. The summed E-state index contributed by atoms with van der Waals surface area (Å²) >= 11 is 0. The monoisotopic (exact) mass is 447 g/mol. The van der Waals surface area contributed by atoms with Crippen molar-refractivity contribution in [1.29, 1.82) is 5.26 Å². The number of aryl methyl sites for hydroxylation is 1. The number of allylic oxidation sites excluding steroid dienone is 1. The van der Waals surface area contributed by atoms with Crippen molar-refractivity contribution in [1.82, 2.24) is 0 Å². The predicted octanol–water partition coefficient (Wildman–Crippen LogP) is 0.573. The number of carbonyl (C=O) groups excluding carboxylic acids is 2. The molecule has 1 atom stereocenters. The lowest BCUT2D eigenvalue weighted by molar-refractivity contribution is -0.139. The molecule has 1 aliphatic rings. The second kappa shape index (κ2) is 9.60. The summed E-state index contributed by atoms with van der Waals surface area (Å²) in [5.41, 5.74) is 7.56. The Morgan fingerprint density at radius 1 is 1.09 bits per heavy atom. The maximum atomic E-state index is 13.0. The SMILES string of the molecule is COC(=O)C1=C(C(=O)OC)N(c2ccc(C)c(B(O)O)c2)C(N)=C(C#N)C1c1ccccc1. The molecule has 0 bridgehead atoms. The van der Waals surface area contributed by atoms with Gasteiger partial charge in [-0.3, -0.25) is 4.90 Å². The Hall–Kier alpha value is -4.07. The Morgan fingerprint density at radius 2 is 1.73 bits per heavy atom. The molecule has 9 nitrogen and oxygen atoms in total. The summed E-state index contributed by atoms with van der Waals surface area (Å²) in [4.78, 5) is 27.2. The molecule has 33 heavy (non-hydrogen) atoms. The van der Waals surface area contributed by atoms with Gasteiger partial charge in [-0.2, -0.15) is 5.26 Å². The third-order valence-corrected chi connectivity index (χ3v) is 5.41. The number of esters is 2. The van der Waals surface area contributed by atoms with Crippen LogP contribution in [0.3, 0.4) is 0 Å². The lowest BCUT2D eigenvalue weighted by Gasteiger charge is -2.36. The number of hydrogen-bond donors (Lipinski definition) is 3. The number of benzene rings is 2. The van der Waals surface area contributed by atoms with Gasteiger partial charge in [0.15, 0.2) is 0 Å². The van der Waals surface area contributed by atoms with Gasteiger partial charge < -0.3 is 25.3 Å². The van der Waals surface area contributed by atoms with E-state index < -0.39 is 25.0 Å². The van der Waals surface area contributed by atoms with Crippen LogP contribution in [0.4, 0.5) is 5.69 Å². The van der Waals surface area contributed by atoms with Crippen molar-refractivity contribution in [3.05, 3.63) is 82.3 Å². The molecule has 2 aromatic rings. The minimum Gasteiger partial charge on any atom is -0.466 e. The van der Waals surface area contributed by atoms with Gasteiger partial charge in [0.1, 0.15) is 11.5 Å². The summed E-state index contributed by atoms with van der Waals surface area (Å²) in [5.74, 6) is -2.82. The van der Waals surface area contributed by atoms with Crippen LogP contribution in [-0.4, -0.2) is 43.3 Å². The van der Waals surface area contributed by atoms with Gasteiger partial charge in [-0.1, -0.05) is 42.0 Å². The molecule has 0 saturated heterocycles. The van der Waals surface area contributed by atoms with E-state index in [1.54, 1.807) is 49.4 Å². The number of methoxy groups -OCH3 is 2. The van der Waals surface area contributed by atoms with Crippen LogP contribution in [0.15, 0.2) is 71.2 Å². The Balaban J connectivity index is 2.42. The van der Waals surface area contributed by atoms with Gasteiger partial charge in [-0.25, -0.2) is 9.59 Å². The number of hydrogen-bond acceptors (Lipinski definition) is 9. The van der Waals surface area contributed by atoms with Crippen molar-refractivity contribution in [2.45, 2.75) is 12.8 Å². The molecule has 0 aliphatic carbocycles. The minimum absolute atomic E-state index is 0.0147. The summed E-state index contributed by atoms with van der Waals surface area (Å²) in [6, 6.07) is 15.3.